The van der Waals surface area contributed by atoms with E-state index in [-0.39, 0.29) is 29.4 Å². The van der Waals surface area contributed by atoms with Gasteiger partial charge in [-0.15, -0.1) is 12.4 Å². The SMILES string of the molecule is CC1(CNC(=O)CCCc2ccc3[nH]c(=O)[nH]c3c2)CCNCC1.Cl. The van der Waals surface area contributed by atoms with E-state index in [0.29, 0.717) is 6.42 Å². The molecule has 6 nitrogen and oxygen atoms in total. The van der Waals surface area contributed by atoms with Gasteiger partial charge in [0, 0.05) is 13.0 Å². The van der Waals surface area contributed by atoms with Gasteiger partial charge in [0.25, 0.3) is 0 Å². The average Bonchev–Trinajstić information content (AvgIpc) is 2.93. The molecule has 4 N–H and O–H groups in total. The topological polar surface area (TPSA) is 89.8 Å². The molecule has 1 aromatic heterocycles. The lowest BCUT2D eigenvalue weighted by molar-refractivity contribution is -0.121. The first-order valence-electron chi connectivity index (χ1n) is 8.72. The van der Waals surface area contributed by atoms with Gasteiger partial charge < -0.3 is 20.6 Å². The number of piperidine rings is 1. The summed E-state index contributed by atoms with van der Waals surface area (Å²) in [6.45, 7) is 5.09. The molecular formula is C18H27ClN4O2. The van der Waals surface area contributed by atoms with Gasteiger partial charge in [-0.3, -0.25) is 4.79 Å². The van der Waals surface area contributed by atoms with Crippen LogP contribution in [0.15, 0.2) is 23.0 Å². The minimum atomic E-state index is -0.187. The summed E-state index contributed by atoms with van der Waals surface area (Å²) in [4.78, 5) is 28.8. The Labute approximate surface area is 153 Å². The van der Waals surface area contributed by atoms with Gasteiger partial charge in [0.05, 0.1) is 11.0 Å². The number of benzene rings is 1. The van der Waals surface area contributed by atoms with Crippen molar-refractivity contribution in [3.8, 4) is 0 Å². The molecule has 3 rings (SSSR count). The van der Waals surface area contributed by atoms with Crippen LogP contribution in [0.4, 0.5) is 0 Å². The molecule has 1 amide bonds. The highest BCUT2D eigenvalue weighted by atomic mass is 35.5. The van der Waals surface area contributed by atoms with E-state index in [4.69, 9.17) is 0 Å². The number of hydrogen-bond acceptors (Lipinski definition) is 3. The van der Waals surface area contributed by atoms with Crippen molar-refractivity contribution in [2.24, 2.45) is 5.41 Å². The van der Waals surface area contributed by atoms with Gasteiger partial charge in [0.1, 0.15) is 0 Å². The van der Waals surface area contributed by atoms with Crippen LogP contribution in [-0.2, 0) is 11.2 Å². The number of halogens is 1. The summed E-state index contributed by atoms with van der Waals surface area (Å²) >= 11 is 0. The molecule has 25 heavy (non-hydrogen) atoms. The van der Waals surface area contributed by atoms with Crippen LogP contribution in [0, 0.1) is 5.41 Å². The van der Waals surface area contributed by atoms with Crippen LogP contribution in [-0.4, -0.2) is 35.5 Å². The zero-order valence-electron chi connectivity index (χ0n) is 14.6. The third-order valence-corrected chi connectivity index (χ3v) is 4.97. The van der Waals surface area contributed by atoms with Gasteiger partial charge in [-0.25, -0.2) is 4.79 Å². The lowest BCUT2D eigenvalue weighted by Crippen LogP contribution is -2.42. The Balaban J connectivity index is 0.00000225. The molecule has 2 heterocycles. The van der Waals surface area contributed by atoms with E-state index < -0.39 is 0 Å². The van der Waals surface area contributed by atoms with E-state index in [1.54, 1.807) is 0 Å². The predicted octanol–water partition coefficient (Wildman–Crippen LogP) is 2.11. The molecule has 1 saturated heterocycles. The first-order chi connectivity index (χ1) is 11.5. The molecule has 1 fully saturated rings. The average molecular weight is 367 g/mol. The van der Waals surface area contributed by atoms with Crippen LogP contribution in [0.25, 0.3) is 11.0 Å². The number of rotatable bonds is 6. The van der Waals surface area contributed by atoms with Crippen molar-refractivity contribution < 1.29 is 4.79 Å². The van der Waals surface area contributed by atoms with Crippen molar-refractivity contribution in [1.29, 1.82) is 0 Å². The predicted molar refractivity (Wildman–Crippen MR) is 102 cm³/mol. The van der Waals surface area contributed by atoms with Crippen LogP contribution in [0.5, 0.6) is 0 Å². The van der Waals surface area contributed by atoms with Crippen molar-refractivity contribution >= 4 is 29.3 Å². The number of aromatic amines is 2. The third-order valence-electron chi connectivity index (χ3n) is 4.97. The highest BCUT2D eigenvalue weighted by Gasteiger charge is 2.26. The number of amides is 1. The number of aryl methyl sites for hydroxylation is 1. The van der Waals surface area contributed by atoms with Crippen molar-refractivity contribution in [2.75, 3.05) is 19.6 Å². The number of hydrogen-bond donors (Lipinski definition) is 4. The summed E-state index contributed by atoms with van der Waals surface area (Å²) in [6, 6.07) is 5.88. The Hall–Kier alpha value is -1.79. The van der Waals surface area contributed by atoms with Gasteiger partial charge in [-0.1, -0.05) is 13.0 Å². The Kier molecular flexibility index (Phi) is 6.67. The maximum absolute atomic E-state index is 12.1. The van der Waals surface area contributed by atoms with Crippen molar-refractivity contribution in [3.63, 3.8) is 0 Å². The second-order valence-electron chi connectivity index (χ2n) is 7.15. The molecule has 7 heteroatoms. The lowest BCUT2D eigenvalue weighted by Gasteiger charge is -2.34. The van der Waals surface area contributed by atoms with Crippen molar-refractivity contribution in [2.45, 2.75) is 39.0 Å². The van der Waals surface area contributed by atoms with E-state index >= 15 is 0 Å². The monoisotopic (exact) mass is 366 g/mol. The number of nitrogens with one attached hydrogen (secondary N) is 4. The Bertz CT molecular complexity index is 762. The number of carbonyl (C=O) groups excluding carboxylic acids is 1. The van der Waals surface area contributed by atoms with Gasteiger partial charge in [-0.05, 0) is 61.9 Å². The maximum Gasteiger partial charge on any atom is 0.323 e. The van der Waals surface area contributed by atoms with Crippen LogP contribution in [0.3, 0.4) is 0 Å². The summed E-state index contributed by atoms with van der Waals surface area (Å²) in [5, 5.41) is 6.45. The lowest BCUT2D eigenvalue weighted by atomic mass is 9.81. The van der Waals surface area contributed by atoms with Gasteiger partial charge >= 0.3 is 5.69 Å². The molecule has 0 atom stereocenters. The van der Waals surface area contributed by atoms with E-state index in [2.05, 4.69) is 27.5 Å². The van der Waals surface area contributed by atoms with E-state index in [0.717, 1.165) is 61.9 Å². The molecule has 1 aromatic carbocycles. The number of aromatic nitrogens is 2. The molecule has 0 saturated carbocycles. The van der Waals surface area contributed by atoms with Crippen LogP contribution >= 0.6 is 12.4 Å². The molecule has 138 valence electrons. The fourth-order valence-electron chi connectivity index (χ4n) is 3.30. The normalized spacial score (nSPS) is 16.4. The number of fused-ring (bicyclic) bond motifs is 1. The molecule has 0 unspecified atom stereocenters. The van der Waals surface area contributed by atoms with E-state index in [1.807, 2.05) is 18.2 Å². The molecular weight excluding hydrogens is 340 g/mol. The van der Waals surface area contributed by atoms with Crippen LogP contribution < -0.4 is 16.3 Å². The van der Waals surface area contributed by atoms with E-state index in [9.17, 15) is 9.59 Å². The summed E-state index contributed by atoms with van der Waals surface area (Å²) in [7, 11) is 0. The molecule has 0 aliphatic carbocycles. The highest BCUT2D eigenvalue weighted by Crippen LogP contribution is 2.26. The zero-order chi connectivity index (χ0) is 17.0. The second-order valence-corrected chi connectivity index (χ2v) is 7.15. The third kappa shape index (κ3) is 5.34. The first-order valence-corrected chi connectivity index (χ1v) is 8.72. The fourth-order valence-corrected chi connectivity index (χ4v) is 3.30. The summed E-state index contributed by atoms with van der Waals surface area (Å²) in [5.74, 6) is 0.130. The molecule has 2 aromatic rings. The molecule has 0 bridgehead atoms. The summed E-state index contributed by atoms with van der Waals surface area (Å²) in [6.07, 6.45) is 4.41. The zero-order valence-corrected chi connectivity index (χ0v) is 15.4. The smallest absolute Gasteiger partial charge is 0.323 e. The molecule has 0 spiro atoms. The minimum Gasteiger partial charge on any atom is -0.356 e. The van der Waals surface area contributed by atoms with Crippen molar-refractivity contribution in [3.05, 3.63) is 34.2 Å². The fraction of sp³-hybridized carbons (Fsp3) is 0.556. The Morgan fingerprint density at radius 2 is 1.92 bits per heavy atom. The van der Waals surface area contributed by atoms with E-state index in [1.165, 1.54) is 0 Å². The Morgan fingerprint density at radius 3 is 2.68 bits per heavy atom. The van der Waals surface area contributed by atoms with Crippen LogP contribution in [0.2, 0.25) is 0 Å². The standard InChI is InChI=1S/C18H26N4O2.ClH/c1-18(7-9-19-10-8-18)12-20-16(23)4-2-3-13-5-6-14-15(11-13)22-17(24)21-14;/h5-6,11,19H,2-4,7-10,12H2,1H3,(H,20,23)(H2,21,22,24);1H. The quantitative estimate of drug-likeness (QED) is 0.631. The second kappa shape index (κ2) is 8.54. The number of imidazole rings is 1. The minimum absolute atomic E-state index is 0. The summed E-state index contributed by atoms with van der Waals surface area (Å²) < 4.78 is 0. The molecule has 0 radical (unpaired) electrons. The van der Waals surface area contributed by atoms with Crippen molar-refractivity contribution in [1.82, 2.24) is 20.6 Å². The summed E-state index contributed by atoms with van der Waals surface area (Å²) in [5.41, 5.74) is 2.81. The maximum atomic E-state index is 12.1. The van der Waals surface area contributed by atoms with Gasteiger partial charge in [-0.2, -0.15) is 0 Å². The van der Waals surface area contributed by atoms with Gasteiger partial charge in [0.2, 0.25) is 5.91 Å². The number of carbonyl (C=O) groups is 1. The number of H-pyrrole nitrogens is 2. The highest BCUT2D eigenvalue weighted by molar-refractivity contribution is 5.85. The molecule has 1 aliphatic heterocycles. The Morgan fingerprint density at radius 1 is 1.20 bits per heavy atom. The molecule has 1 aliphatic rings. The van der Waals surface area contributed by atoms with Crippen LogP contribution in [0.1, 0.15) is 38.2 Å². The first kappa shape index (κ1) is 19.5. The van der Waals surface area contributed by atoms with Gasteiger partial charge in [0.15, 0.2) is 0 Å². The largest absolute Gasteiger partial charge is 0.356 e.